The van der Waals surface area contributed by atoms with Gasteiger partial charge in [0, 0.05) is 29.4 Å². The molecule has 0 saturated carbocycles. The van der Waals surface area contributed by atoms with Gasteiger partial charge >= 0.3 is 0 Å². The number of aromatic nitrogens is 1. The zero-order valence-electron chi connectivity index (χ0n) is 9.80. The SMILES string of the molecule is NCC1CCCN(c2nccc3sccc23)C1. The number of nitrogens with zero attached hydrogens (tertiary/aromatic N) is 2. The van der Waals surface area contributed by atoms with Gasteiger partial charge < -0.3 is 10.6 Å². The van der Waals surface area contributed by atoms with Crippen molar-refractivity contribution in [2.45, 2.75) is 12.8 Å². The normalized spacial score (nSPS) is 21.0. The van der Waals surface area contributed by atoms with Gasteiger partial charge in [-0.2, -0.15) is 0 Å². The minimum Gasteiger partial charge on any atom is -0.356 e. The molecule has 1 unspecified atom stereocenters. The molecule has 0 radical (unpaired) electrons. The molecule has 1 fully saturated rings. The average Bonchev–Trinajstić information content (AvgIpc) is 2.87. The molecule has 2 aromatic rings. The van der Waals surface area contributed by atoms with Gasteiger partial charge in [0.25, 0.3) is 0 Å². The number of piperidine rings is 1. The van der Waals surface area contributed by atoms with E-state index in [1.54, 1.807) is 11.3 Å². The highest BCUT2D eigenvalue weighted by molar-refractivity contribution is 7.17. The fourth-order valence-corrected chi connectivity index (χ4v) is 3.36. The third-order valence-electron chi connectivity index (χ3n) is 3.51. The zero-order chi connectivity index (χ0) is 11.7. The van der Waals surface area contributed by atoms with E-state index in [0.717, 1.165) is 25.5 Å². The predicted octanol–water partition coefficient (Wildman–Crippen LogP) is 2.47. The predicted molar refractivity (Wildman–Crippen MR) is 73.6 cm³/mol. The maximum atomic E-state index is 5.79. The lowest BCUT2D eigenvalue weighted by Gasteiger charge is -2.33. The molecule has 1 aliphatic heterocycles. The molecule has 90 valence electrons. The van der Waals surface area contributed by atoms with Crippen molar-refractivity contribution in [2.24, 2.45) is 11.7 Å². The van der Waals surface area contributed by atoms with Crippen LogP contribution in [-0.2, 0) is 0 Å². The number of pyridine rings is 1. The van der Waals surface area contributed by atoms with Crippen LogP contribution < -0.4 is 10.6 Å². The van der Waals surface area contributed by atoms with Crippen molar-refractivity contribution < 1.29 is 0 Å². The first-order valence-electron chi connectivity index (χ1n) is 6.15. The Kier molecular flexibility index (Phi) is 2.99. The van der Waals surface area contributed by atoms with E-state index in [2.05, 4.69) is 27.4 Å². The summed E-state index contributed by atoms with van der Waals surface area (Å²) >= 11 is 1.78. The topological polar surface area (TPSA) is 42.1 Å². The Bertz CT molecular complexity index is 508. The molecule has 0 amide bonds. The Hall–Kier alpha value is -1.13. The molecular formula is C13H17N3S. The fraction of sp³-hybridized carbons (Fsp3) is 0.462. The van der Waals surface area contributed by atoms with Crippen LogP contribution in [0.3, 0.4) is 0 Å². The molecule has 2 N–H and O–H groups in total. The van der Waals surface area contributed by atoms with E-state index in [1.165, 1.54) is 22.9 Å². The lowest BCUT2D eigenvalue weighted by Crippen LogP contribution is -2.38. The molecule has 1 aliphatic rings. The van der Waals surface area contributed by atoms with Crippen LogP contribution in [0.15, 0.2) is 23.7 Å². The number of nitrogens with two attached hydrogens (primary N) is 1. The van der Waals surface area contributed by atoms with Crippen molar-refractivity contribution >= 4 is 27.2 Å². The average molecular weight is 247 g/mol. The summed E-state index contributed by atoms with van der Waals surface area (Å²) in [5.74, 6) is 1.77. The maximum absolute atomic E-state index is 5.79. The van der Waals surface area contributed by atoms with Crippen molar-refractivity contribution in [1.29, 1.82) is 0 Å². The molecule has 0 aromatic carbocycles. The van der Waals surface area contributed by atoms with Crippen LogP contribution >= 0.6 is 11.3 Å². The van der Waals surface area contributed by atoms with E-state index < -0.39 is 0 Å². The minimum absolute atomic E-state index is 0.624. The molecule has 1 atom stereocenters. The number of rotatable bonds is 2. The second-order valence-electron chi connectivity index (χ2n) is 4.66. The van der Waals surface area contributed by atoms with Gasteiger partial charge in [-0.15, -0.1) is 11.3 Å². The quantitative estimate of drug-likeness (QED) is 0.886. The molecule has 0 spiro atoms. The molecule has 1 saturated heterocycles. The Morgan fingerprint density at radius 1 is 1.47 bits per heavy atom. The number of thiophene rings is 1. The van der Waals surface area contributed by atoms with Gasteiger partial charge in [-0.1, -0.05) is 0 Å². The van der Waals surface area contributed by atoms with E-state index in [4.69, 9.17) is 5.73 Å². The van der Waals surface area contributed by atoms with Crippen LogP contribution in [0, 0.1) is 5.92 Å². The van der Waals surface area contributed by atoms with Gasteiger partial charge in [0.05, 0.1) is 0 Å². The first-order chi connectivity index (χ1) is 8.38. The molecule has 0 aliphatic carbocycles. The van der Waals surface area contributed by atoms with Gasteiger partial charge in [0.2, 0.25) is 0 Å². The highest BCUT2D eigenvalue weighted by atomic mass is 32.1. The third kappa shape index (κ3) is 2.03. The molecule has 3 nitrogen and oxygen atoms in total. The fourth-order valence-electron chi connectivity index (χ4n) is 2.58. The van der Waals surface area contributed by atoms with Crippen molar-refractivity contribution in [3.63, 3.8) is 0 Å². The Balaban J connectivity index is 1.94. The molecule has 4 heteroatoms. The van der Waals surface area contributed by atoms with Crippen LogP contribution in [0.25, 0.3) is 10.1 Å². The summed E-state index contributed by atoms with van der Waals surface area (Å²) in [7, 11) is 0. The third-order valence-corrected chi connectivity index (χ3v) is 4.39. The van der Waals surface area contributed by atoms with Gasteiger partial charge in [-0.25, -0.2) is 4.98 Å². The second kappa shape index (κ2) is 4.63. The van der Waals surface area contributed by atoms with Crippen molar-refractivity contribution in [3.05, 3.63) is 23.7 Å². The molecule has 3 heterocycles. The Morgan fingerprint density at radius 3 is 3.29 bits per heavy atom. The smallest absolute Gasteiger partial charge is 0.137 e. The molecule has 2 aromatic heterocycles. The van der Waals surface area contributed by atoms with E-state index >= 15 is 0 Å². The monoisotopic (exact) mass is 247 g/mol. The van der Waals surface area contributed by atoms with Crippen molar-refractivity contribution in [3.8, 4) is 0 Å². The number of hydrogen-bond acceptors (Lipinski definition) is 4. The summed E-state index contributed by atoms with van der Waals surface area (Å²) in [6, 6.07) is 4.27. The van der Waals surface area contributed by atoms with Crippen LogP contribution in [0.5, 0.6) is 0 Å². The molecular weight excluding hydrogens is 230 g/mol. The van der Waals surface area contributed by atoms with Crippen molar-refractivity contribution in [1.82, 2.24) is 4.98 Å². The van der Waals surface area contributed by atoms with Crippen molar-refractivity contribution in [2.75, 3.05) is 24.5 Å². The summed E-state index contributed by atoms with van der Waals surface area (Å²) < 4.78 is 1.32. The van der Waals surface area contributed by atoms with E-state index in [0.29, 0.717) is 5.92 Å². The minimum atomic E-state index is 0.624. The number of anilines is 1. The van der Waals surface area contributed by atoms with Gasteiger partial charge in [-0.3, -0.25) is 0 Å². The lowest BCUT2D eigenvalue weighted by molar-refractivity contribution is 0.422. The van der Waals surface area contributed by atoms with E-state index in [-0.39, 0.29) is 0 Å². The summed E-state index contributed by atoms with van der Waals surface area (Å²) in [6.07, 6.45) is 4.40. The molecule has 0 bridgehead atoms. The highest BCUT2D eigenvalue weighted by Crippen LogP contribution is 2.30. The summed E-state index contributed by atoms with van der Waals surface area (Å²) in [4.78, 5) is 6.96. The largest absolute Gasteiger partial charge is 0.356 e. The first-order valence-corrected chi connectivity index (χ1v) is 7.03. The molecule has 3 rings (SSSR count). The van der Waals surface area contributed by atoms with E-state index in [1.807, 2.05) is 6.20 Å². The van der Waals surface area contributed by atoms with Crippen LogP contribution in [0.2, 0.25) is 0 Å². The highest BCUT2D eigenvalue weighted by Gasteiger charge is 2.21. The van der Waals surface area contributed by atoms with Gasteiger partial charge in [0.1, 0.15) is 5.82 Å². The van der Waals surface area contributed by atoms with E-state index in [9.17, 15) is 0 Å². The first kappa shape index (κ1) is 11.0. The number of fused-ring (bicyclic) bond motifs is 1. The zero-order valence-corrected chi connectivity index (χ0v) is 10.6. The number of hydrogen-bond donors (Lipinski definition) is 1. The Labute approximate surface area is 105 Å². The van der Waals surface area contributed by atoms with Crippen LogP contribution in [0.1, 0.15) is 12.8 Å². The van der Waals surface area contributed by atoms with Gasteiger partial charge in [-0.05, 0) is 42.8 Å². The maximum Gasteiger partial charge on any atom is 0.137 e. The second-order valence-corrected chi connectivity index (χ2v) is 5.60. The van der Waals surface area contributed by atoms with Crippen LogP contribution in [-0.4, -0.2) is 24.6 Å². The van der Waals surface area contributed by atoms with Crippen LogP contribution in [0.4, 0.5) is 5.82 Å². The summed E-state index contributed by atoms with van der Waals surface area (Å²) in [6.45, 7) is 2.95. The summed E-state index contributed by atoms with van der Waals surface area (Å²) in [5.41, 5.74) is 5.79. The van der Waals surface area contributed by atoms with Gasteiger partial charge in [0.15, 0.2) is 0 Å². The Morgan fingerprint density at radius 2 is 2.41 bits per heavy atom. The standard InChI is InChI=1S/C13H17N3S/c14-8-10-2-1-6-16(9-10)13-11-4-7-17-12(11)3-5-15-13/h3-5,7,10H,1-2,6,8-9,14H2. The lowest BCUT2D eigenvalue weighted by atomic mass is 9.98. The molecule has 17 heavy (non-hydrogen) atoms. The summed E-state index contributed by atoms with van der Waals surface area (Å²) in [5, 5.41) is 3.43.